The molecule has 200 valence electrons. The maximum Gasteiger partial charge on any atom is 0.416 e. The minimum atomic E-state index is -4.56. The monoisotopic (exact) mass is 543 g/mol. The lowest BCUT2D eigenvalue weighted by Crippen LogP contribution is -2.34. The number of halogens is 6. The molecule has 0 spiro atoms. The number of carbonyl (C=O) groups is 1. The van der Waals surface area contributed by atoms with Crippen LogP contribution < -0.4 is 10.6 Å². The molecule has 1 amide bonds. The second kappa shape index (κ2) is 9.61. The highest BCUT2D eigenvalue weighted by Gasteiger charge is 2.34. The van der Waals surface area contributed by atoms with Gasteiger partial charge in [-0.25, -0.2) is 0 Å². The molecule has 6 nitrogen and oxygen atoms in total. The van der Waals surface area contributed by atoms with Crippen molar-refractivity contribution in [3.63, 3.8) is 0 Å². The number of rotatable bonds is 4. The van der Waals surface area contributed by atoms with Gasteiger partial charge in [0.2, 0.25) is 0 Å². The van der Waals surface area contributed by atoms with Crippen LogP contribution in [-0.4, -0.2) is 21.9 Å². The van der Waals surface area contributed by atoms with Crippen LogP contribution in [0.15, 0.2) is 89.2 Å². The number of fused-ring (bicyclic) bond motifs is 1. The van der Waals surface area contributed by atoms with Crippen LogP contribution in [0.3, 0.4) is 0 Å². The molecule has 5 rings (SSSR count). The van der Waals surface area contributed by atoms with Crippen molar-refractivity contribution in [1.29, 1.82) is 0 Å². The zero-order chi connectivity index (χ0) is 27.9. The summed E-state index contributed by atoms with van der Waals surface area (Å²) in [6, 6.07) is 12.6. The van der Waals surface area contributed by atoms with Gasteiger partial charge in [0.05, 0.1) is 28.4 Å². The van der Waals surface area contributed by atoms with Crippen LogP contribution in [0.4, 0.5) is 32.0 Å². The summed E-state index contributed by atoms with van der Waals surface area (Å²) in [5.74, 6) is -0.384. The molecule has 0 radical (unpaired) electrons. The second-order valence-corrected chi connectivity index (χ2v) is 8.86. The Labute approximate surface area is 217 Å². The molecular weight excluding hydrogens is 524 g/mol. The van der Waals surface area contributed by atoms with Gasteiger partial charge in [-0.05, 0) is 55.0 Å². The van der Waals surface area contributed by atoms with E-state index in [4.69, 9.17) is 0 Å². The van der Waals surface area contributed by atoms with Crippen molar-refractivity contribution in [3.05, 3.63) is 106 Å². The minimum Gasteiger partial charge on any atom is -0.343 e. The molecule has 4 aromatic rings. The van der Waals surface area contributed by atoms with Gasteiger partial charge in [-0.1, -0.05) is 24.3 Å². The van der Waals surface area contributed by atoms with Gasteiger partial charge in [0.15, 0.2) is 0 Å². The van der Waals surface area contributed by atoms with Crippen molar-refractivity contribution in [2.45, 2.75) is 25.3 Å². The Bertz CT molecular complexity index is 1600. The second-order valence-electron chi connectivity index (χ2n) is 8.86. The topological polar surface area (TPSA) is 82.2 Å². The summed E-state index contributed by atoms with van der Waals surface area (Å²) in [6.07, 6.45) is -7.49. The number of nitrogens with one attached hydrogen (secondary N) is 3. The maximum absolute atomic E-state index is 13.5. The van der Waals surface area contributed by atoms with E-state index in [9.17, 15) is 31.1 Å². The van der Waals surface area contributed by atoms with Crippen molar-refractivity contribution in [2.24, 2.45) is 4.99 Å². The number of carbonyl (C=O) groups excluding carboxylic acids is 1. The average Bonchev–Trinajstić information content (AvgIpc) is 3.35. The van der Waals surface area contributed by atoms with Crippen molar-refractivity contribution in [3.8, 4) is 0 Å². The summed E-state index contributed by atoms with van der Waals surface area (Å²) >= 11 is 0. The number of hydrogen-bond acceptors (Lipinski definition) is 4. The quantitative estimate of drug-likeness (QED) is 0.254. The first-order valence-corrected chi connectivity index (χ1v) is 11.5. The summed E-state index contributed by atoms with van der Waals surface area (Å²) in [4.78, 5) is 18.0. The van der Waals surface area contributed by atoms with Crippen LogP contribution in [0.2, 0.25) is 0 Å². The Morgan fingerprint density at radius 1 is 0.872 bits per heavy atom. The van der Waals surface area contributed by atoms with Gasteiger partial charge in [-0.15, -0.1) is 0 Å². The third-order valence-corrected chi connectivity index (χ3v) is 6.22. The number of allylic oxidation sites excluding steroid dienone is 1. The minimum absolute atomic E-state index is 0.137. The molecule has 0 aliphatic carbocycles. The zero-order valence-corrected chi connectivity index (χ0v) is 20.1. The van der Waals surface area contributed by atoms with Crippen molar-refractivity contribution < 1.29 is 31.1 Å². The molecule has 1 aliphatic rings. The highest BCUT2D eigenvalue weighted by Crippen LogP contribution is 2.36. The Balaban J connectivity index is 1.52. The molecule has 0 saturated heterocycles. The van der Waals surface area contributed by atoms with Crippen LogP contribution in [0.1, 0.15) is 35.2 Å². The Hall–Kier alpha value is -4.61. The van der Waals surface area contributed by atoms with E-state index in [1.54, 1.807) is 31.3 Å². The van der Waals surface area contributed by atoms with E-state index in [2.05, 4.69) is 25.8 Å². The fraction of sp³-hybridized carbons (Fsp3) is 0.148. The number of aromatic nitrogens is 2. The van der Waals surface area contributed by atoms with Crippen LogP contribution >= 0.6 is 0 Å². The fourth-order valence-corrected chi connectivity index (χ4v) is 4.25. The maximum atomic E-state index is 13.5. The number of benzene rings is 3. The molecule has 3 N–H and O–H groups in total. The molecule has 1 atom stereocenters. The van der Waals surface area contributed by atoms with Gasteiger partial charge in [-0.2, -0.15) is 31.4 Å². The largest absolute Gasteiger partial charge is 0.416 e. The molecular formula is C27H19F6N5O. The number of amidine groups is 1. The molecule has 3 aromatic carbocycles. The highest BCUT2D eigenvalue weighted by atomic mass is 19.4. The number of H-pyrrole nitrogens is 1. The number of aromatic amines is 1. The van der Waals surface area contributed by atoms with E-state index in [-0.39, 0.29) is 11.4 Å². The first-order chi connectivity index (χ1) is 18.4. The molecule has 0 saturated carbocycles. The molecule has 2 heterocycles. The van der Waals surface area contributed by atoms with E-state index in [1.807, 2.05) is 0 Å². The van der Waals surface area contributed by atoms with Gasteiger partial charge in [-0.3, -0.25) is 14.9 Å². The Kier molecular flexibility index (Phi) is 6.41. The van der Waals surface area contributed by atoms with E-state index in [1.165, 1.54) is 24.3 Å². The van der Waals surface area contributed by atoms with E-state index in [0.29, 0.717) is 22.5 Å². The number of anilines is 1. The standard InChI is InChI=1S/C27H19F6N5O/c1-14-22(25(39)36-20-10-11-21-17(12-20)13-34-38-21)23(15-2-6-18(7-3-15)26(28,29)30)37-24(35-14)16-4-8-19(9-5-16)27(31,32)33/h2-13,23H,1H3,(H,34,38)(H,35,37)(H,36,39). The van der Waals surface area contributed by atoms with Crippen LogP contribution in [0.25, 0.3) is 10.9 Å². The third kappa shape index (κ3) is 5.35. The summed E-state index contributed by atoms with van der Waals surface area (Å²) in [5.41, 5.74) is 0.586. The first-order valence-electron chi connectivity index (χ1n) is 11.5. The normalized spacial score (nSPS) is 16.2. The number of alkyl halides is 6. The number of amides is 1. The SMILES string of the molecule is CC1=C(C(=O)Nc2ccc3[nH]ncc3c2)C(c2ccc(C(F)(F)F)cc2)N=C(c2ccc(C(F)(F)F)cc2)N1. The molecule has 1 unspecified atom stereocenters. The number of hydrogen-bond donors (Lipinski definition) is 3. The highest BCUT2D eigenvalue weighted by molar-refractivity contribution is 6.09. The van der Waals surface area contributed by atoms with Gasteiger partial charge < -0.3 is 10.6 Å². The lowest BCUT2D eigenvalue weighted by atomic mass is 9.93. The van der Waals surface area contributed by atoms with Crippen LogP contribution in [-0.2, 0) is 17.1 Å². The van der Waals surface area contributed by atoms with Crippen molar-refractivity contribution in [1.82, 2.24) is 15.5 Å². The summed E-state index contributed by atoms with van der Waals surface area (Å²) in [7, 11) is 0. The molecule has 0 fully saturated rings. The molecule has 0 bridgehead atoms. The van der Waals surface area contributed by atoms with Gasteiger partial charge in [0, 0.05) is 22.3 Å². The lowest BCUT2D eigenvalue weighted by Gasteiger charge is -2.27. The van der Waals surface area contributed by atoms with Crippen LogP contribution in [0, 0.1) is 0 Å². The summed E-state index contributed by atoms with van der Waals surface area (Å²) < 4.78 is 78.6. The summed E-state index contributed by atoms with van der Waals surface area (Å²) in [6.45, 7) is 1.59. The van der Waals surface area contributed by atoms with Gasteiger partial charge >= 0.3 is 12.4 Å². The number of aliphatic imine (C=N–C) groups is 1. The van der Waals surface area contributed by atoms with Gasteiger partial charge in [0.1, 0.15) is 11.9 Å². The predicted molar refractivity (Wildman–Crippen MR) is 133 cm³/mol. The number of nitrogens with zero attached hydrogens (tertiary/aromatic N) is 2. The molecule has 39 heavy (non-hydrogen) atoms. The summed E-state index contributed by atoms with van der Waals surface area (Å²) in [5, 5.41) is 13.2. The zero-order valence-electron chi connectivity index (χ0n) is 20.1. The lowest BCUT2D eigenvalue weighted by molar-refractivity contribution is -0.138. The molecule has 1 aliphatic heterocycles. The van der Waals surface area contributed by atoms with Crippen LogP contribution in [0.5, 0.6) is 0 Å². The third-order valence-electron chi connectivity index (χ3n) is 6.22. The predicted octanol–water partition coefficient (Wildman–Crippen LogP) is 6.60. The van der Waals surface area contributed by atoms with E-state index in [0.717, 1.165) is 35.2 Å². The average molecular weight is 543 g/mol. The Morgan fingerprint density at radius 2 is 1.49 bits per heavy atom. The van der Waals surface area contributed by atoms with E-state index < -0.39 is 35.4 Å². The van der Waals surface area contributed by atoms with Crippen molar-refractivity contribution in [2.75, 3.05) is 5.32 Å². The molecule has 1 aromatic heterocycles. The van der Waals surface area contributed by atoms with E-state index >= 15 is 0 Å². The molecule has 12 heteroatoms. The fourth-order valence-electron chi connectivity index (χ4n) is 4.25. The smallest absolute Gasteiger partial charge is 0.343 e. The Morgan fingerprint density at radius 3 is 2.10 bits per heavy atom. The van der Waals surface area contributed by atoms with Crippen molar-refractivity contribution >= 4 is 28.3 Å². The van der Waals surface area contributed by atoms with Gasteiger partial charge in [0.25, 0.3) is 5.91 Å². The first kappa shape index (κ1) is 26.0.